The molecule has 2 aromatic carbocycles. The number of anilines is 1. The van der Waals surface area contributed by atoms with Gasteiger partial charge in [-0.1, -0.05) is 12.1 Å². The van der Waals surface area contributed by atoms with Gasteiger partial charge in [-0.05, 0) is 54.8 Å². The molecule has 1 heterocycles. The molecule has 132 valence electrons. The lowest BCUT2D eigenvalue weighted by Gasteiger charge is -2.38. The summed E-state index contributed by atoms with van der Waals surface area (Å²) in [7, 11) is 0. The van der Waals surface area contributed by atoms with E-state index in [1.54, 1.807) is 44.2 Å². The molecule has 2 N–H and O–H groups in total. The third-order valence-corrected chi connectivity index (χ3v) is 4.20. The highest BCUT2D eigenvalue weighted by atomic mass is 19.4. The van der Waals surface area contributed by atoms with Gasteiger partial charge in [0.1, 0.15) is 18.5 Å². The van der Waals surface area contributed by atoms with Crippen LogP contribution in [0.15, 0.2) is 36.4 Å². The second-order valence-electron chi connectivity index (χ2n) is 6.14. The van der Waals surface area contributed by atoms with Gasteiger partial charge in [-0.15, -0.1) is 0 Å². The Morgan fingerprint density at radius 2 is 1.76 bits per heavy atom. The lowest BCUT2D eigenvalue weighted by atomic mass is 9.99. The number of carbonyl (C=O) groups is 1. The Kier molecular flexibility index (Phi) is 4.10. The molecule has 1 amide bonds. The van der Waals surface area contributed by atoms with Crippen LogP contribution in [0.2, 0.25) is 0 Å². The van der Waals surface area contributed by atoms with Gasteiger partial charge in [0.25, 0.3) is 5.91 Å². The quantitative estimate of drug-likeness (QED) is 0.856. The molecule has 3 rings (SSSR count). The minimum absolute atomic E-state index is 0.0913. The van der Waals surface area contributed by atoms with Crippen molar-refractivity contribution in [3.63, 3.8) is 0 Å². The van der Waals surface area contributed by atoms with Gasteiger partial charge in [-0.2, -0.15) is 13.2 Å². The van der Waals surface area contributed by atoms with E-state index in [4.69, 9.17) is 0 Å². The maximum atomic E-state index is 13.0. The number of para-hydroxylation sites is 1. The van der Waals surface area contributed by atoms with Crippen molar-refractivity contribution in [1.29, 1.82) is 0 Å². The topological polar surface area (TPSA) is 52.6 Å². The number of halogens is 3. The largest absolute Gasteiger partial charge is 0.507 e. The Bertz CT molecular complexity index is 810. The van der Waals surface area contributed by atoms with Gasteiger partial charge >= 0.3 is 6.18 Å². The SMILES string of the molecule is Cc1cc(C2Nc3ccccc3C(=O)N2CC(F)(F)F)cc(C)c1O. The number of aromatic hydroxyl groups is 1. The number of fused-ring (bicyclic) bond motifs is 1. The van der Waals surface area contributed by atoms with Gasteiger partial charge in [0.15, 0.2) is 0 Å². The molecule has 0 fully saturated rings. The number of carbonyl (C=O) groups excluding carboxylic acids is 1. The third kappa shape index (κ3) is 3.26. The molecule has 1 unspecified atom stereocenters. The molecule has 7 heteroatoms. The highest BCUT2D eigenvalue weighted by Gasteiger charge is 2.40. The third-order valence-electron chi connectivity index (χ3n) is 4.20. The van der Waals surface area contributed by atoms with Crippen molar-refractivity contribution in [2.75, 3.05) is 11.9 Å². The van der Waals surface area contributed by atoms with Crippen LogP contribution >= 0.6 is 0 Å². The second kappa shape index (κ2) is 5.98. The maximum absolute atomic E-state index is 13.0. The van der Waals surface area contributed by atoms with Crippen molar-refractivity contribution >= 4 is 11.6 Å². The van der Waals surface area contributed by atoms with Crippen molar-refractivity contribution in [3.8, 4) is 5.75 Å². The molecule has 0 saturated heterocycles. The Hall–Kier alpha value is -2.70. The first-order valence-electron chi connectivity index (χ1n) is 7.71. The van der Waals surface area contributed by atoms with Crippen LogP contribution < -0.4 is 5.32 Å². The number of nitrogens with zero attached hydrogens (tertiary/aromatic N) is 1. The van der Waals surface area contributed by atoms with Crippen molar-refractivity contribution < 1.29 is 23.1 Å². The molecule has 25 heavy (non-hydrogen) atoms. The first kappa shape index (κ1) is 17.1. The Morgan fingerprint density at radius 1 is 1.16 bits per heavy atom. The van der Waals surface area contributed by atoms with Crippen molar-refractivity contribution in [2.24, 2.45) is 0 Å². The van der Waals surface area contributed by atoms with Gasteiger partial charge in [0, 0.05) is 5.69 Å². The summed E-state index contributed by atoms with van der Waals surface area (Å²) >= 11 is 0. The number of hydrogen-bond acceptors (Lipinski definition) is 3. The van der Waals surface area contributed by atoms with Crippen LogP contribution in [0.5, 0.6) is 5.75 Å². The molecule has 4 nitrogen and oxygen atoms in total. The smallest absolute Gasteiger partial charge is 0.406 e. The molecule has 0 aliphatic carbocycles. The normalized spacial score (nSPS) is 17.2. The van der Waals surface area contributed by atoms with E-state index >= 15 is 0 Å². The van der Waals surface area contributed by atoms with Crippen LogP contribution in [-0.4, -0.2) is 28.6 Å². The summed E-state index contributed by atoms with van der Waals surface area (Å²) in [5.74, 6) is -0.589. The van der Waals surface area contributed by atoms with E-state index < -0.39 is 24.8 Å². The van der Waals surface area contributed by atoms with Gasteiger partial charge < -0.3 is 15.3 Å². The van der Waals surface area contributed by atoms with Crippen LogP contribution in [0.25, 0.3) is 0 Å². The van der Waals surface area contributed by atoms with Crippen LogP contribution in [0.1, 0.15) is 33.2 Å². The minimum atomic E-state index is -4.52. The number of rotatable bonds is 2. The highest BCUT2D eigenvalue weighted by molar-refractivity contribution is 6.01. The van der Waals surface area contributed by atoms with Gasteiger partial charge in [-0.25, -0.2) is 0 Å². The lowest BCUT2D eigenvalue weighted by Crippen LogP contribution is -2.47. The number of phenols is 1. The molecular formula is C18H17F3N2O2. The van der Waals surface area contributed by atoms with E-state index in [1.807, 2.05) is 0 Å². The van der Waals surface area contributed by atoms with E-state index in [0.717, 1.165) is 4.90 Å². The van der Waals surface area contributed by atoms with Crippen LogP contribution in [0.4, 0.5) is 18.9 Å². The highest BCUT2D eigenvalue weighted by Crippen LogP contribution is 2.37. The summed E-state index contributed by atoms with van der Waals surface area (Å²) in [5, 5.41) is 12.9. The number of benzene rings is 2. The van der Waals surface area contributed by atoms with E-state index in [0.29, 0.717) is 22.4 Å². The van der Waals surface area contributed by atoms with Gasteiger partial charge in [0.05, 0.1) is 5.56 Å². The summed E-state index contributed by atoms with van der Waals surface area (Å²) in [6.07, 6.45) is -5.50. The number of amides is 1. The summed E-state index contributed by atoms with van der Waals surface area (Å²) in [4.78, 5) is 13.4. The zero-order valence-electron chi connectivity index (χ0n) is 13.7. The number of aryl methyl sites for hydroxylation is 2. The number of phenolic OH excluding ortho intramolecular Hbond substituents is 1. The van der Waals surface area contributed by atoms with E-state index in [1.165, 1.54) is 6.07 Å². The maximum Gasteiger partial charge on any atom is 0.406 e. The Balaban J connectivity index is 2.10. The van der Waals surface area contributed by atoms with Crippen LogP contribution in [0, 0.1) is 13.8 Å². The fourth-order valence-electron chi connectivity index (χ4n) is 3.06. The summed E-state index contributed by atoms with van der Waals surface area (Å²) in [6.45, 7) is 1.97. The average molecular weight is 350 g/mol. The molecule has 0 saturated carbocycles. The second-order valence-corrected chi connectivity index (χ2v) is 6.14. The molecule has 0 radical (unpaired) electrons. The molecule has 1 atom stereocenters. The van der Waals surface area contributed by atoms with E-state index in [-0.39, 0.29) is 11.3 Å². The standard InChI is InChI=1S/C18H17F3N2O2/c1-10-7-12(8-11(2)15(10)24)16-22-14-6-4-3-5-13(14)17(25)23(16)9-18(19,20)21/h3-8,16,22,24H,9H2,1-2H3. The molecule has 1 aliphatic rings. The number of alkyl halides is 3. The molecule has 0 spiro atoms. The molecule has 1 aliphatic heterocycles. The zero-order valence-corrected chi connectivity index (χ0v) is 13.7. The van der Waals surface area contributed by atoms with Crippen LogP contribution in [0.3, 0.4) is 0 Å². The molecule has 2 aromatic rings. The monoisotopic (exact) mass is 350 g/mol. The first-order chi connectivity index (χ1) is 11.7. The number of nitrogens with one attached hydrogen (secondary N) is 1. The van der Waals surface area contributed by atoms with Crippen molar-refractivity contribution in [1.82, 2.24) is 4.90 Å². The lowest BCUT2D eigenvalue weighted by molar-refractivity contribution is -0.144. The fourth-order valence-corrected chi connectivity index (χ4v) is 3.06. The molecule has 0 aromatic heterocycles. The fraction of sp³-hybridized carbons (Fsp3) is 0.278. The number of hydrogen-bond donors (Lipinski definition) is 2. The minimum Gasteiger partial charge on any atom is -0.507 e. The predicted octanol–water partition coefficient (Wildman–Crippen LogP) is 4.14. The van der Waals surface area contributed by atoms with E-state index in [2.05, 4.69) is 5.32 Å². The van der Waals surface area contributed by atoms with E-state index in [9.17, 15) is 23.1 Å². The van der Waals surface area contributed by atoms with Gasteiger partial charge in [-0.3, -0.25) is 4.79 Å². The first-order valence-corrected chi connectivity index (χ1v) is 7.71. The zero-order chi connectivity index (χ0) is 18.4. The summed E-state index contributed by atoms with van der Waals surface area (Å²) in [6, 6.07) is 9.65. The molecule has 0 bridgehead atoms. The average Bonchev–Trinajstić information content (AvgIpc) is 2.53. The molecular weight excluding hydrogens is 333 g/mol. The van der Waals surface area contributed by atoms with Gasteiger partial charge in [0.2, 0.25) is 0 Å². The predicted molar refractivity (Wildman–Crippen MR) is 87.5 cm³/mol. The van der Waals surface area contributed by atoms with Crippen molar-refractivity contribution in [3.05, 3.63) is 58.7 Å². The summed E-state index contributed by atoms with van der Waals surface area (Å²) < 4.78 is 39.1. The Morgan fingerprint density at radius 3 is 2.36 bits per heavy atom. The Labute approximate surface area is 142 Å². The van der Waals surface area contributed by atoms with Crippen LogP contribution in [-0.2, 0) is 0 Å². The van der Waals surface area contributed by atoms with Crippen molar-refractivity contribution in [2.45, 2.75) is 26.2 Å². The summed E-state index contributed by atoms with van der Waals surface area (Å²) in [5.41, 5.74) is 2.25.